The SMILES string of the molecule is CCOC(=O)[C@@H]1[C@H]2C(=O)N3[C@@H](c4ccccc4)OC[C@@H]3[C@@H]12. The molecule has 1 amide bonds. The highest BCUT2D eigenvalue weighted by Gasteiger charge is 2.72. The molecule has 5 nitrogen and oxygen atoms in total. The molecule has 1 aromatic carbocycles. The molecular formula is C16H17NO4. The van der Waals surface area contributed by atoms with Crippen LogP contribution >= 0.6 is 0 Å². The summed E-state index contributed by atoms with van der Waals surface area (Å²) in [6.45, 7) is 2.65. The second-order valence-corrected chi connectivity index (χ2v) is 5.79. The van der Waals surface area contributed by atoms with E-state index in [9.17, 15) is 9.59 Å². The van der Waals surface area contributed by atoms with E-state index in [0.29, 0.717) is 13.2 Å². The Morgan fingerprint density at radius 3 is 2.86 bits per heavy atom. The van der Waals surface area contributed by atoms with Gasteiger partial charge in [0.1, 0.15) is 0 Å². The molecule has 5 atom stereocenters. The fourth-order valence-corrected chi connectivity index (χ4v) is 3.82. The van der Waals surface area contributed by atoms with Crippen LogP contribution in [0.1, 0.15) is 18.7 Å². The van der Waals surface area contributed by atoms with Crippen molar-refractivity contribution in [3.63, 3.8) is 0 Å². The molecule has 0 N–H and O–H groups in total. The second kappa shape index (κ2) is 4.56. The molecule has 4 rings (SSSR count). The van der Waals surface area contributed by atoms with E-state index in [1.54, 1.807) is 6.92 Å². The van der Waals surface area contributed by atoms with Crippen molar-refractivity contribution in [3.8, 4) is 0 Å². The number of carbonyl (C=O) groups is 2. The Labute approximate surface area is 122 Å². The third-order valence-electron chi connectivity index (χ3n) is 4.74. The van der Waals surface area contributed by atoms with Crippen LogP contribution in [0.25, 0.3) is 0 Å². The summed E-state index contributed by atoms with van der Waals surface area (Å²) in [6.07, 6.45) is -0.306. The Morgan fingerprint density at radius 1 is 1.38 bits per heavy atom. The molecular weight excluding hydrogens is 270 g/mol. The van der Waals surface area contributed by atoms with Gasteiger partial charge in [0.25, 0.3) is 0 Å². The number of hydrogen-bond donors (Lipinski definition) is 0. The molecule has 3 fully saturated rings. The summed E-state index contributed by atoms with van der Waals surface area (Å²) in [5.74, 6) is -0.565. The Bertz CT molecular complexity index is 587. The smallest absolute Gasteiger partial charge is 0.310 e. The fraction of sp³-hybridized carbons (Fsp3) is 0.500. The first-order chi connectivity index (χ1) is 10.2. The van der Waals surface area contributed by atoms with Gasteiger partial charge in [-0.05, 0) is 6.92 Å². The van der Waals surface area contributed by atoms with Crippen molar-refractivity contribution in [3.05, 3.63) is 35.9 Å². The minimum atomic E-state index is -0.306. The van der Waals surface area contributed by atoms with Crippen molar-refractivity contribution < 1.29 is 19.1 Å². The van der Waals surface area contributed by atoms with Gasteiger partial charge in [-0.25, -0.2) is 0 Å². The molecule has 110 valence electrons. The Kier molecular flexibility index (Phi) is 2.79. The van der Waals surface area contributed by atoms with Crippen molar-refractivity contribution in [2.24, 2.45) is 17.8 Å². The Hall–Kier alpha value is -1.88. The summed E-state index contributed by atoms with van der Waals surface area (Å²) in [6, 6.07) is 9.77. The highest BCUT2D eigenvalue weighted by atomic mass is 16.5. The predicted molar refractivity (Wildman–Crippen MR) is 72.9 cm³/mol. The molecule has 21 heavy (non-hydrogen) atoms. The lowest BCUT2D eigenvalue weighted by molar-refractivity contribution is -0.149. The molecule has 1 aliphatic carbocycles. The number of rotatable bonds is 3. The van der Waals surface area contributed by atoms with Gasteiger partial charge in [0.15, 0.2) is 6.23 Å². The van der Waals surface area contributed by atoms with Crippen LogP contribution in [-0.2, 0) is 19.1 Å². The van der Waals surface area contributed by atoms with Gasteiger partial charge in [0.05, 0.1) is 31.1 Å². The van der Waals surface area contributed by atoms with Crippen molar-refractivity contribution >= 4 is 11.9 Å². The third kappa shape index (κ3) is 1.73. The summed E-state index contributed by atoms with van der Waals surface area (Å²) in [7, 11) is 0. The van der Waals surface area contributed by atoms with Gasteiger partial charge in [-0.15, -0.1) is 0 Å². The summed E-state index contributed by atoms with van der Waals surface area (Å²) < 4.78 is 10.9. The predicted octanol–water partition coefficient (Wildman–Crippen LogP) is 1.35. The maximum atomic E-state index is 12.6. The van der Waals surface area contributed by atoms with Crippen LogP contribution in [0.4, 0.5) is 0 Å². The average Bonchev–Trinajstić information content (AvgIpc) is 2.98. The fourth-order valence-electron chi connectivity index (χ4n) is 3.82. The first-order valence-corrected chi connectivity index (χ1v) is 7.39. The monoisotopic (exact) mass is 287 g/mol. The number of ether oxygens (including phenoxy) is 2. The summed E-state index contributed by atoms with van der Waals surface area (Å²) in [5, 5.41) is 0. The number of piperidine rings is 1. The number of carbonyl (C=O) groups excluding carboxylic acids is 2. The molecule has 2 aliphatic heterocycles. The first kappa shape index (κ1) is 12.8. The Balaban J connectivity index is 1.55. The molecule has 0 unspecified atom stereocenters. The lowest BCUT2D eigenvalue weighted by Crippen LogP contribution is -2.37. The van der Waals surface area contributed by atoms with E-state index in [1.807, 2.05) is 35.2 Å². The van der Waals surface area contributed by atoms with E-state index < -0.39 is 0 Å². The average molecular weight is 287 g/mol. The minimum Gasteiger partial charge on any atom is -0.466 e. The van der Waals surface area contributed by atoms with Crippen molar-refractivity contribution in [2.45, 2.75) is 19.2 Å². The molecule has 0 aromatic heterocycles. The lowest BCUT2D eigenvalue weighted by atomic mass is 10.1. The van der Waals surface area contributed by atoms with Gasteiger partial charge in [0, 0.05) is 11.5 Å². The summed E-state index contributed by atoms with van der Waals surface area (Å²) >= 11 is 0. The van der Waals surface area contributed by atoms with E-state index in [0.717, 1.165) is 5.56 Å². The van der Waals surface area contributed by atoms with Gasteiger partial charge in [-0.3, -0.25) is 9.59 Å². The van der Waals surface area contributed by atoms with E-state index in [1.165, 1.54) is 0 Å². The maximum absolute atomic E-state index is 12.6. The highest BCUT2D eigenvalue weighted by Crippen LogP contribution is 2.60. The second-order valence-electron chi connectivity index (χ2n) is 5.79. The molecule has 2 saturated heterocycles. The lowest BCUT2D eigenvalue weighted by Gasteiger charge is -2.25. The van der Waals surface area contributed by atoms with Gasteiger partial charge in [0.2, 0.25) is 5.91 Å². The standard InChI is InChI=1S/C16H17NO4/c1-2-20-16(19)13-11-10-8-21-15(9-6-4-3-5-7-9)17(10)14(18)12(11)13/h3-7,10-13,15H,2,8H2,1H3/t10-,11-,12+,13+,15-/m1/s1. The number of esters is 1. The van der Waals surface area contributed by atoms with Crippen LogP contribution in [0, 0.1) is 17.8 Å². The van der Waals surface area contributed by atoms with Crippen LogP contribution in [-0.4, -0.2) is 36.0 Å². The normalized spacial score (nSPS) is 36.3. The summed E-state index contributed by atoms with van der Waals surface area (Å²) in [5.41, 5.74) is 0.988. The molecule has 1 aromatic rings. The highest BCUT2D eigenvalue weighted by molar-refractivity contribution is 5.94. The zero-order valence-corrected chi connectivity index (χ0v) is 11.8. The zero-order valence-electron chi connectivity index (χ0n) is 11.8. The number of nitrogens with zero attached hydrogens (tertiary/aromatic N) is 1. The number of amides is 1. The number of fused-ring (bicyclic) bond motifs is 3. The van der Waals surface area contributed by atoms with Crippen LogP contribution in [0.5, 0.6) is 0 Å². The van der Waals surface area contributed by atoms with Crippen LogP contribution in [0.15, 0.2) is 30.3 Å². The largest absolute Gasteiger partial charge is 0.466 e. The van der Waals surface area contributed by atoms with Crippen LogP contribution in [0.3, 0.4) is 0 Å². The van der Waals surface area contributed by atoms with Gasteiger partial charge >= 0.3 is 5.97 Å². The third-order valence-corrected chi connectivity index (χ3v) is 4.74. The van der Waals surface area contributed by atoms with E-state index in [2.05, 4.69) is 0 Å². The molecule has 5 heteroatoms. The van der Waals surface area contributed by atoms with E-state index >= 15 is 0 Å². The van der Waals surface area contributed by atoms with Crippen molar-refractivity contribution in [2.75, 3.05) is 13.2 Å². The maximum Gasteiger partial charge on any atom is 0.310 e. The van der Waals surface area contributed by atoms with Crippen molar-refractivity contribution in [1.82, 2.24) is 4.90 Å². The molecule has 0 spiro atoms. The zero-order chi connectivity index (χ0) is 14.6. The van der Waals surface area contributed by atoms with Crippen LogP contribution in [0.2, 0.25) is 0 Å². The quantitative estimate of drug-likeness (QED) is 0.788. The van der Waals surface area contributed by atoms with Gasteiger partial charge in [-0.2, -0.15) is 0 Å². The van der Waals surface area contributed by atoms with Crippen molar-refractivity contribution in [1.29, 1.82) is 0 Å². The molecule has 2 heterocycles. The Morgan fingerprint density at radius 2 is 2.14 bits per heavy atom. The first-order valence-electron chi connectivity index (χ1n) is 7.39. The summed E-state index contributed by atoms with van der Waals surface area (Å²) in [4.78, 5) is 26.3. The minimum absolute atomic E-state index is 0.0158. The van der Waals surface area contributed by atoms with Crippen LogP contribution < -0.4 is 0 Å². The topological polar surface area (TPSA) is 55.8 Å². The number of hydrogen-bond acceptors (Lipinski definition) is 4. The van der Waals surface area contributed by atoms with Gasteiger partial charge < -0.3 is 14.4 Å². The number of benzene rings is 1. The molecule has 3 aliphatic rings. The molecule has 0 radical (unpaired) electrons. The van der Waals surface area contributed by atoms with Gasteiger partial charge in [-0.1, -0.05) is 30.3 Å². The molecule has 1 saturated carbocycles. The van der Waals surface area contributed by atoms with E-state index in [-0.39, 0.29) is 41.9 Å². The molecule has 0 bridgehead atoms. The van der Waals surface area contributed by atoms with E-state index in [4.69, 9.17) is 9.47 Å².